The largest absolute Gasteiger partial charge is 0.462 e. The Hall–Kier alpha value is -2.22. The number of fused-ring (bicyclic) bond motifs is 1. The van der Waals surface area contributed by atoms with Gasteiger partial charge in [0.1, 0.15) is 21.3 Å². The number of hydrogen-bond donors (Lipinski definition) is 0. The molecule has 0 aromatic carbocycles. The minimum absolute atomic E-state index is 0.255. The van der Waals surface area contributed by atoms with E-state index in [1.165, 1.54) is 11.3 Å². The van der Waals surface area contributed by atoms with Crippen LogP contribution in [0.15, 0.2) is 0 Å². The van der Waals surface area contributed by atoms with E-state index in [1.54, 1.807) is 0 Å². The van der Waals surface area contributed by atoms with Crippen molar-refractivity contribution in [3.63, 3.8) is 0 Å². The van der Waals surface area contributed by atoms with Crippen LogP contribution in [-0.2, 0) is 9.53 Å². The maximum atomic E-state index is 12.4. The number of nitrogens with zero attached hydrogens (tertiary/aromatic N) is 4. The van der Waals surface area contributed by atoms with Crippen LogP contribution >= 0.6 is 11.3 Å². The molecule has 2 fully saturated rings. The highest BCUT2D eigenvalue weighted by Crippen LogP contribution is 2.36. The second-order valence-corrected chi connectivity index (χ2v) is 8.49. The van der Waals surface area contributed by atoms with Gasteiger partial charge < -0.3 is 14.5 Å². The van der Waals surface area contributed by atoms with E-state index in [9.17, 15) is 9.59 Å². The molecule has 0 unspecified atom stereocenters. The van der Waals surface area contributed by atoms with Crippen molar-refractivity contribution in [2.45, 2.75) is 40.0 Å². The van der Waals surface area contributed by atoms with E-state index < -0.39 is 0 Å². The zero-order valence-corrected chi connectivity index (χ0v) is 17.5. The number of ether oxygens (including phenoxy) is 1. The monoisotopic (exact) mass is 402 g/mol. The number of aryl methyl sites for hydroxylation is 2. The summed E-state index contributed by atoms with van der Waals surface area (Å²) in [7, 11) is 0. The number of rotatable bonds is 4. The molecule has 2 aromatic heterocycles. The van der Waals surface area contributed by atoms with Gasteiger partial charge >= 0.3 is 5.97 Å². The molecule has 2 aliphatic rings. The van der Waals surface area contributed by atoms with Crippen molar-refractivity contribution in [3.05, 3.63) is 16.3 Å². The zero-order valence-electron chi connectivity index (χ0n) is 16.7. The summed E-state index contributed by atoms with van der Waals surface area (Å²) in [5.41, 5.74) is 0.878. The summed E-state index contributed by atoms with van der Waals surface area (Å²) in [5.74, 6) is 1.82. The molecule has 0 radical (unpaired) electrons. The molecule has 0 N–H and O–H groups in total. The highest BCUT2D eigenvalue weighted by atomic mass is 32.1. The summed E-state index contributed by atoms with van der Waals surface area (Å²) in [6.45, 7) is 9.07. The van der Waals surface area contributed by atoms with Crippen LogP contribution in [0.25, 0.3) is 10.2 Å². The third-order valence-corrected chi connectivity index (χ3v) is 6.54. The first kappa shape index (κ1) is 19.1. The normalized spacial score (nSPS) is 17.7. The Morgan fingerprint density at radius 2 is 1.93 bits per heavy atom. The molecule has 1 amide bonds. The summed E-state index contributed by atoms with van der Waals surface area (Å²) in [6, 6.07) is 0. The van der Waals surface area contributed by atoms with E-state index in [-0.39, 0.29) is 11.9 Å². The van der Waals surface area contributed by atoms with Gasteiger partial charge in [-0.15, -0.1) is 11.3 Å². The highest BCUT2D eigenvalue weighted by Gasteiger charge is 2.34. The van der Waals surface area contributed by atoms with Gasteiger partial charge in [0, 0.05) is 32.1 Å². The molecule has 2 aromatic rings. The van der Waals surface area contributed by atoms with Gasteiger partial charge in [0.2, 0.25) is 5.91 Å². The molecule has 8 heteroatoms. The minimum Gasteiger partial charge on any atom is -0.462 e. The third kappa shape index (κ3) is 3.57. The number of carbonyl (C=O) groups is 2. The summed E-state index contributed by atoms with van der Waals surface area (Å²) < 4.78 is 5.21. The molecule has 1 saturated heterocycles. The van der Waals surface area contributed by atoms with Crippen molar-refractivity contribution in [1.82, 2.24) is 14.9 Å². The lowest BCUT2D eigenvalue weighted by Gasteiger charge is -2.24. The summed E-state index contributed by atoms with van der Waals surface area (Å²) in [4.78, 5) is 39.7. The topological polar surface area (TPSA) is 75.6 Å². The van der Waals surface area contributed by atoms with Gasteiger partial charge in [0.05, 0.1) is 12.0 Å². The smallest absolute Gasteiger partial charge is 0.348 e. The van der Waals surface area contributed by atoms with Crippen LogP contribution in [0, 0.1) is 19.8 Å². The highest BCUT2D eigenvalue weighted by molar-refractivity contribution is 7.20. The van der Waals surface area contributed by atoms with Crippen LogP contribution in [-0.4, -0.2) is 59.5 Å². The predicted octanol–water partition coefficient (Wildman–Crippen LogP) is 2.93. The molecule has 4 rings (SSSR count). The quantitative estimate of drug-likeness (QED) is 0.732. The predicted molar refractivity (Wildman–Crippen MR) is 109 cm³/mol. The Kier molecular flexibility index (Phi) is 5.23. The van der Waals surface area contributed by atoms with Crippen molar-refractivity contribution in [1.29, 1.82) is 0 Å². The van der Waals surface area contributed by atoms with Gasteiger partial charge in [-0.25, -0.2) is 14.8 Å². The number of aromatic nitrogens is 2. The Labute approximate surface area is 168 Å². The molecule has 150 valence electrons. The molecule has 0 spiro atoms. The average molecular weight is 403 g/mol. The van der Waals surface area contributed by atoms with Gasteiger partial charge in [-0.05, 0) is 45.6 Å². The zero-order chi connectivity index (χ0) is 19.8. The number of anilines is 1. The van der Waals surface area contributed by atoms with E-state index in [0.717, 1.165) is 60.5 Å². The average Bonchev–Trinajstić information content (AvgIpc) is 3.48. The van der Waals surface area contributed by atoms with E-state index >= 15 is 0 Å². The van der Waals surface area contributed by atoms with E-state index in [2.05, 4.69) is 9.88 Å². The fraction of sp³-hybridized carbons (Fsp3) is 0.600. The fourth-order valence-corrected chi connectivity index (χ4v) is 4.89. The first-order valence-corrected chi connectivity index (χ1v) is 10.8. The molecule has 3 heterocycles. The van der Waals surface area contributed by atoms with Crippen molar-refractivity contribution in [3.8, 4) is 0 Å². The number of amides is 1. The second-order valence-electron chi connectivity index (χ2n) is 7.49. The van der Waals surface area contributed by atoms with E-state index in [4.69, 9.17) is 9.72 Å². The third-order valence-electron chi connectivity index (χ3n) is 5.38. The van der Waals surface area contributed by atoms with Crippen LogP contribution in [0.5, 0.6) is 0 Å². The molecule has 1 aliphatic heterocycles. The van der Waals surface area contributed by atoms with Gasteiger partial charge in [0.15, 0.2) is 0 Å². The number of esters is 1. The fourth-order valence-electron chi connectivity index (χ4n) is 3.78. The maximum Gasteiger partial charge on any atom is 0.348 e. The van der Waals surface area contributed by atoms with Crippen LogP contribution in [0.1, 0.15) is 47.2 Å². The lowest BCUT2D eigenvalue weighted by Crippen LogP contribution is -2.36. The summed E-state index contributed by atoms with van der Waals surface area (Å²) >= 11 is 1.37. The molecular formula is C20H26N4O3S. The Bertz CT molecular complexity index is 922. The molecule has 0 bridgehead atoms. The number of hydrogen-bond acceptors (Lipinski definition) is 7. The Morgan fingerprint density at radius 1 is 1.14 bits per heavy atom. The lowest BCUT2D eigenvalue weighted by atomic mass is 10.2. The van der Waals surface area contributed by atoms with Gasteiger partial charge in [-0.3, -0.25) is 4.79 Å². The first-order chi connectivity index (χ1) is 13.5. The summed E-state index contributed by atoms with van der Waals surface area (Å²) in [6.07, 6.45) is 2.99. The number of thiophene rings is 1. The van der Waals surface area contributed by atoms with Crippen molar-refractivity contribution in [2.24, 2.45) is 5.92 Å². The molecule has 0 atom stereocenters. The van der Waals surface area contributed by atoms with Crippen molar-refractivity contribution >= 4 is 39.2 Å². The lowest BCUT2D eigenvalue weighted by molar-refractivity contribution is -0.132. The van der Waals surface area contributed by atoms with E-state index in [0.29, 0.717) is 29.8 Å². The van der Waals surface area contributed by atoms with Gasteiger partial charge in [-0.2, -0.15) is 0 Å². The van der Waals surface area contributed by atoms with Crippen LogP contribution in [0.4, 0.5) is 5.82 Å². The van der Waals surface area contributed by atoms with Gasteiger partial charge in [-0.1, -0.05) is 0 Å². The summed E-state index contributed by atoms with van der Waals surface area (Å²) in [5, 5.41) is 0.931. The van der Waals surface area contributed by atoms with Gasteiger partial charge in [0.25, 0.3) is 0 Å². The standard InChI is InChI=1S/C20H26N4O3S/c1-4-27-20(26)16-12(2)15-17(21-13(3)22-18(15)28-16)23-8-5-9-24(11-10-23)19(25)14-6-7-14/h14H,4-11H2,1-3H3. The number of carbonyl (C=O) groups excluding carboxylic acids is 2. The maximum absolute atomic E-state index is 12.4. The second kappa shape index (κ2) is 7.66. The molecule has 1 aliphatic carbocycles. The Balaban J connectivity index is 1.65. The van der Waals surface area contributed by atoms with Crippen molar-refractivity contribution < 1.29 is 14.3 Å². The van der Waals surface area contributed by atoms with Crippen LogP contribution in [0.3, 0.4) is 0 Å². The molecule has 7 nitrogen and oxygen atoms in total. The van der Waals surface area contributed by atoms with Crippen LogP contribution < -0.4 is 4.90 Å². The minimum atomic E-state index is -0.302. The molecular weight excluding hydrogens is 376 g/mol. The Morgan fingerprint density at radius 3 is 2.64 bits per heavy atom. The van der Waals surface area contributed by atoms with Crippen LogP contribution in [0.2, 0.25) is 0 Å². The first-order valence-electron chi connectivity index (χ1n) is 9.98. The van der Waals surface area contributed by atoms with Crippen molar-refractivity contribution in [2.75, 3.05) is 37.7 Å². The van der Waals surface area contributed by atoms with E-state index in [1.807, 2.05) is 25.7 Å². The molecule has 28 heavy (non-hydrogen) atoms. The SMILES string of the molecule is CCOC(=O)c1sc2nc(C)nc(N3CCCN(C(=O)C4CC4)CC3)c2c1C. The molecule has 1 saturated carbocycles.